The summed E-state index contributed by atoms with van der Waals surface area (Å²) in [4.78, 5) is 16.4. The highest BCUT2D eigenvalue weighted by molar-refractivity contribution is 9.10. The lowest BCUT2D eigenvalue weighted by Gasteiger charge is -2.28. The molecule has 0 bridgehead atoms. The van der Waals surface area contributed by atoms with E-state index >= 15 is 0 Å². The fourth-order valence-electron chi connectivity index (χ4n) is 1.99. The molecule has 0 saturated heterocycles. The molecular formula is C15H23BrN2O2S. The molecule has 0 aliphatic rings. The zero-order valence-electron chi connectivity index (χ0n) is 12.8. The molecule has 0 saturated carbocycles. The van der Waals surface area contributed by atoms with Gasteiger partial charge >= 0.3 is 5.97 Å². The molecule has 4 nitrogen and oxygen atoms in total. The van der Waals surface area contributed by atoms with E-state index in [9.17, 15) is 4.79 Å². The molecule has 1 unspecified atom stereocenters. The van der Waals surface area contributed by atoms with Gasteiger partial charge < -0.3 is 10.1 Å². The molecule has 1 rings (SSSR count). The first-order valence-electron chi connectivity index (χ1n) is 7.18. The van der Waals surface area contributed by atoms with Gasteiger partial charge in [0.05, 0.1) is 11.6 Å². The minimum atomic E-state index is -0.599. The van der Waals surface area contributed by atoms with E-state index in [1.807, 2.05) is 32.9 Å². The van der Waals surface area contributed by atoms with Gasteiger partial charge in [0.15, 0.2) is 0 Å². The second kappa shape index (κ2) is 9.43. The highest BCUT2D eigenvalue weighted by Gasteiger charge is 2.32. The number of rotatable bonds is 9. The molecule has 6 heteroatoms. The van der Waals surface area contributed by atoms with E-state index in [2.05, 4.69) is 26.2 Å². The molecule has 0 aliphatic heterocycles. The topological polar surface area (TPSA) is 51.2 Å². The van der Waals surface area contributed by atoms with Crippen molar-refractivity contribution in [1.29, 1.82) is 0 Å². The third-order valence-electron chi connectivity index (χ3n) is 3.06. The normalized spacial score (nSPS) is 13.7. The van der Waals surface area contributed by atoms with E-state index in [-0.39, 0.29) is 5.97 Å². The number of nitrogens with one attached hydrogen (secondary N) is 1. The lowest BCUT2D eigenvalue weighted by molar-refractivity contribution is -0.150. The minimum Gasteiger partial charge on any atom is -0.465 e. The Kier molecular flexibility index (Phi) is 8.29. The first-order valence-corrected chi connectivity index (χ1v) is 8.96. The maximum atomic E-state index is 12.0. The van der Waals surface area contributed by atoms with E-state index in [1.54, 1.807) is 18.0 Å². The number of carbonyl (C=O) groups excluding carboxylic acids is 1. The third-order valence-corrected chi connectivity index (χ3v) is 4.56. The quantitative estimate of drug-likeness (QED) is 0.406. The third kappa shape index (κ3) is 6.36. The van der Waals surface area contributed by atoms with Gasteiger partial charge in [-0.05, 0) is 67.0 Å². The zero-order chi connectivity index (χ0) is 15.7. The molecule has 0 fully saturated rings. The molecule has 1 N–H and O–H groups in total. The van der Waals surface area contributed by atoms with Crippen LogP contribution >= 0.6 is 27.7 Å². The molecule has 1 aromatic heterocycles. The largest absolute Gasteiger partial charge is 0.465 e. The van der Waals surface area contributed by atoms with Gasteiger partial charge in [0.25, 0.3) is 0 Å². The fraction of sp³-hybridized carbons (Fsp3) is 0.600. The van der Waals surface area contributed by atoms with Crippen molar-refractivity contribution in [3.05, 3.63) is 22.8 Å². The van der Waals surface area contributed by atoms with Gasteiger partial charge in [-0.3, -0.25) is 4.79 Å². The molecular weight excluding hydrogens is 352 g/mol. The highest BCUT2D eigenvalue weighted by Crippen LogP contribution is 2.21. The van der Waals surface area contributed by atoms with E-state index in [1.165, 1.54) is 0 Å². The van der Waals surface area contributed by atoms with Crippen LogP contribution in [-0.4, -0.2) is 35.4 Å². The summed E-state index contributed by atoms with van der Waals surface area (Å²) in [7, 11) is 0. The highest BCUT2D eigenvalue weighted by atomic mass is 79.9. The van der Waals surface area contributed by atoms with Crippen LogP contribution in [0.15, 0.2) is 27.8 Å². The summed E-state index contributed by atoms with van der Waals surface area (Å²) in [6.07, 6.45) is 3.47. The zero-order valence-corrected chi connectivity index (χ0v) is 15.2. The number of pyridine rings is 1. The van der Waals surface area contributed by atoms with Crippen molar-refractivity contribution in [2.75, 3.05) is 18.9 Å². The molecule has 0 aromatic carbocycles. The van der Waals surface area contributed by atoms with Crippen LogP contribution in [0.3, 0.4) is 0 Å². The van der Waals surface area contributed by atoms with Gasteiger partial charge in [-0.25, -0.2) is 4.98 Å². The van der Waals surface area contributed by atoms with Crippen molar-refractivity contribution in [3.8, 4) is 0 Å². The van der Waals surface area contributed by atoms with E-state index < -0.39 is 5.54 Å². The van der Waals surface area contributed by atoms with Crippen molar-refractivity contribution in [2.45, 2.75) is 44.2 Å². The van der Waals surface area contributed by atoms with Crippen LogP contribution in [0, 0.1) is 0 Å². The van der Waals surface area contributed by atoms with Crippen molar-refractivity contribution >= 4 is 33.7 Å². The Labute approximate surface area is 139 Å². The molecule has 21 heavy (non-hydrogen) atoms. The smallest absolute Gasteiger partial charge is 0.326 e. The van der Waals surface area contributed by atoms with Crippen LogP contribution in [-0.2, 0) is 9.53 Å². The average molecular weight is 375 g/mol. The first kappa shape index (κ1) is 18.5. The number of carbonyl (C=O) groups is 1. The van der Waals surface area contributed by atoms with E-state index in [0.29, 0.717) is 6.61 Å². The second-order valence-electron chi connectivity index (χ2n) is 4.85. The molecule has 1 aromatic rings. The molecule has 1 atom stereocenters. The summed E-state index contributed by atoms with van der Waals surface area (Å²) in [5.41, 5.74) is -0.599. The summed E-state index contributed by atoms with van der Waals surface area (Å²) in [5.74, 6) is 0.758. The van der Waals surface area contributed by atoms with Gasteiger partial charge in [-0.15, -0.1) is 11.8 Å². The average Bonchev–Trinajstić information content (AvgIpc) is 2.46. The number of hydrogen-bond donors (Lipinski definition) is 1. The van der Waals surface area contributed by atoms with Crippen LogP contribution in [0.2, 0.25) is 0 Å². The van der Waals surface area contributed by atoms with Crippen molar-refractivity contribution in [1.82, 2.24) is 10.3 Å². The first-order chi connectivity index (χ1) is 10.0. The Balaban J connectivity index is 2.43. The summed E-state index contributed by atoms with van der Waals surface area (Å²) in [6, 6.07) is 3.97. The van der Waals surface area contributed by atoms with Gasteiger partial charge in [-0.2, -0.15) is 0 Å². The van der Waals surface area contributed by atoms with Gasteiger partial charge in [-0.1, -0.05) is 6.92 Å². The Morgan fingerprint density at radius 3 is 2.81 bits per heavy atom. The molecule has 0 amide bonds. The Morgan fingerprint density at radius 1 is 1.48 bits per heavy atom. The van der Waals surface area contributed by atoms with Gasteiger partial charge in [0.2, 0.25) is 0 Å². The molecule has 1 heterocycles. The minimum absolute atomic E-state index is 0.168. The number of esters is 1. The number of nitrogens with zero attached hydrogens (tertiary/aromatic N) is 1. The number of hydrogen-bond acceptors (Lipinski definition) is 5. The van der Waals surface area contributed by atoms with Crippen LogP contribution in [0.1, 0.15) is 33.6 Å². The maximum Gasteiger partial charge on any atom is 0.326 e. The lowest BCUT2D eigenvalue weighted by atomic mass is 9.96. The van der Waals surface area contributed by atoms with Crippen molar-refractivity contribution in [2.24, 2.45) is 0 Å². The van der Waals surface area contributed by atoms with Crippen LogP contribution in [0.4, 0.5) is 0 Å². The van der Waals surface area contributed by atoms with Crippen LogP contribution < -0.4 is 5.32 Å². The Morgan fingerprint density at radius 2 is 2.24 bits per heavy atom. The monoisotopic (exact) mass is 374 g/mol. The summed E-state index contributed by atoms with van der Waals surface area (Å²) >= 11 is 5.07. The SMILES string of the molecule is CCNC(C)(CCCSc1ccc(Br)cn1)C(=O)OCC. The molecule has 0 spiro atoms. The number of ether oxygens (including phenoxy) is 1. The molecule has 118 valence electrons. The number of aromatic nitrogens is 1. The number of halogens is 1. The van der Waals surface area contributed by atoms with E-state index in [4.69, 9.17) is 4.74 Å². The van der Waals surface area contributed by atoms with Crippen LogP contribution in [0.5, 0.6) is 0 Å². The Hall–Kier alpha value is -0.590. The molecule has 0 radical (unpaired) electrons. The summed E-state index contributed by atoms with van der Waals surface area (Å²) in [6.45, 7) is 6.91. The molecule has 0 aliphatic carbocycles. The summed E-state index contributed by atoms with van der Waals surface area (Å²) < 4.78 is 6.14. The number of likely N-dealkylation sites (N-methyl/N-ethyl adjacent to an activating group) is 1. The predicted molar refractivity (Wildman–Crippen MR) is 90.6 cm³/mol. The van der Waals surface area contributed by atoms with Gasteiger partial charge in [0, 0.05) is 10.7 Å². The Bertz CT molecular complexity index is 442. The van der Waals surface area contributed by atoms with Crippen LogP contribution in [0.25, 0.3) is 0 Å². The van der Waals surface area contributed by atoms with Gasteiger partial charge in [0.1, 0.15) is 5.54 Å². The fourth-order valence-corrected chi connectivity index (χ4v) is 3.02. The maximum absolute atomic E-state index is 12.0. The van der Waals surface area contributed by atoms with Crippen molar-refractivity contribution < 1.29 is 9.53 Å². The predicted octanol–water partition coefficient (Wildman–Crippen LogP) is 3.65. The lowest BCUT2D eigenvalue weighted by Crippen LogP contribution is -2.50. The van der Waals surface area contributed by atoms with Crippen molar-refractivity contribution in [3.63, 3.8) is 0 Å². The van der Waals surface area contributed by atoms with E-state index in [0.717, 1.165) is 34.6 Å². The summed E-state index contributed by atoms with van der Waals surface area (Å²) in [5, 5.41) is 4.24. The second-order valence-corrected chi connectivity index (χ2v) is 6.88. The standard InChI is InChI=1S/C15H23BrN2O2S/c1-4-18-15(3,14(19)20-5-2)9-6-10-21-13-8-7-12(16)11-17-13/h7-8,11,18H,4-6,9-10H2,1-3H3. The number of thioether (sulfide) groups is 1.